The second-order valence-corrected chi connectivity index (χ2v) is 7.30. The zero-order chi connectivity index (χ0) is 21.9. The molecule has 9 nitrogen and oxygen atoms in total. The normalized spacial score (nSPS) is 15.6. The molecule has 1 atom stereocenters. The Morgan fingerprint density at radius 1 is 1.03 bits per heavy atom. The topological polar surface area (TPSA) is 135 Å². The first-order valence-corrected chi connectivity index (χ1v) is 9.38. The fraction of sp³-hybridized carbons (Fsp3) is 0.136. The Kier molecular flexibility index (Phi) is 4.01. The number of esters is 1. The molecule has 3 N–H and O–H groups in total. The lowest BCUT2D eigenvalue weighted by Crippen LogP contribution is -2.23. The van der Waals surface area contributed by atoms with Gasteiger partial charge in [-0.1, -0.05) is 0 Å². The summed E-state index contributed by atoms with van der Waals surface area (Å²) in [5.74, 6) is -1.86. The standard InChI is InChI=1S/C22H16N2O7/c1-24-12(4-5-23-24)11-7-19(29)30-18-9-16(28)21-15(27)8-17(31-22(21)20(11)18)10-2-3-13(25)14(26)6-10/h2-6,8-9,11,25-26,28H,7H2,1H3. The van der Waals surface area contributed by atoms with E-state index < -0.39 is 17.3 Å². The summed E-state index contributed by atoms with van der Waals surface area (Å²) in [6.45, 7) is 0. The summed E-state index contributed by atoms with van der Waals surface area (Å²) >= 11 is 0. The Morgan fingerprint density at radius 2 is 1.84 bits per heavy atom. The molecule has 0 radical (unpaired) electrons. The molecule has 1 unspecified atom stereocenters. The smallest absolute Gasteiger partial charge is 0.312 e. The van der Waals surface area contributed by atoms with Crippen molar-refractivity contribution in [1.29, 1.82) is 0 Å². The summed E-state index contributed by atoms with van der Waals surface area (Å²) in [4.78, 5) is 25.1. The van der Waals surface area contributed by atoms with Crippen LogP contribution in [0.15, 0.2) is 51.8 Å². The molecule has 2 aromatic heterocycles. The van der Waals surface area contributed by atoms with Gasteiger partial charge in [-0.25, -0.2) is 0 Å². The SMILES string of the molecule is Cn1nccc1C1CC(=O)Oc2cc(O)c3c(=O)cc(-c4ccc(O)c(O)c4)oc3c21. The highest BCUT2D eigenvalue weighted by molar-refractivity contribution is 5.93. The molecule has 1 aliphatic rings. The van der Waals surface area contributed by atoms with Gasteiger partial charge in [-0.05, 0) is 24.3 Å². The number of aromatic nitrogens is 2. The van der Waals surface area contributed by atoms with Crippen LogP contribution in [0.3, 0.4) is 0 Å². The van der Waals surface area contributed by atoms with E-state index >= 15 is 0 Å². The van der Waals surface area contributed by atoms with E-state index in [9.17, 15) is 24.9 Å². The molecule has 0 bridgehead atoms. The van der Waals surface area contributed by atoms with Crippen LogP contribution in [0.5, 0.6) is 23.0 Å². The molecule has 31 heavy (non-hydrogen) atoms. The van der Waals surface area contributed by atoms with Crippen molar-refractivity contribution in [2.45, 2.75) is 12.3 Å². The molecule has 0 saturated heterocycles. The largest absolute Gasteiger partial charge is 0.507 e. The van der Waals surface area contributed by atoms with Gasteiger partial charge < -0.3 is 24.5 Å². The van der Waals surface area contributed by atoms with Gasteiger partial charge in [0, 0.05) is 48.1 Å². The summed E-state index contributed by atoms with van der Waals surface area (Å²) < 4.78 is 13.0. The van der Waals surface area contributed by atoms with Crippen LogP contribution in [0.25, 0.3) is 22.3 Å². The first-order valence-electron chi connectivity index (χ1n) is 9.38. The van der Waals surface area contributed by atoms with E-state index in [1.165, 1.54) is 30.3 Å². The monoisotopic (exact) mass is 420 g/mol. The van der Waals surface area contributed by atoms with Crippen molar-refractivity contribution in [3.05, 3.63) is 64.1 Å². The van der Waals surface area contributed by atoms with Crippen LogP contribution < -0.4 is 10.2 Å². The van der Waals surface area contributed by atoms with Gasteiger partial charge in [-0.3, -0.25) is 14.3 Å². The molecule has 0 fully saturated rings. The number of carbonyl (C=O) groups is 1. The van der Waals surface area contributed by atoms with Crippen LogP contribution in [0.2, 0.25) is 0 Å². The quantitative estimate of drug-likeness (QED) is 0.256. The molecule has 9 heteroatoms. The van der Waals surface area contributed by atoms with Gasteiger partial charge in [0.25, 0.3) is 0 Å². The number of ether oxygens (including phenoxy) is 1. The lowest BCUT2D eigenvalue weighted by Gasteiger charge is -2.25. The maximum atomic E-state index is 12.9. The van der Waals surface area contributed by atoms with Gasteiger partial charge in [0.2, 0.25) is 0 Å². The van der Waals surface area contributed by atoms with Crippen molar-refractivity contribution in [3.8, 4) is 34.3 Å². The molecular formula is C22H16N2O7. The number of carbonyl (C=O) groups excluding carboxylic acids is 1. The number of hydrogen-bond donors (Lipinski definition) is 3. The van der Waals surface area contributed by atoms with Crippen molar-refractivity contribution in [2.75, 3.05) is 0 Å². The average Bonchev–Trinajstić information content (AvgIpc) is 3.14. The van der Waals surface area contributed by atoms with E-state index in [4.69, 9.17) is 9.15 Å². The van der Waals surface area contributed by atoms with E-state index in [-0.39, 0.29) is 46.1 Å². The summed E-state index contributed by atoms with van der Waals surface area (Å²) in [6, 6.07) is 8.19. The number of benzene rings is 2. The number of phenols is 3. The Labute approximate surface area is 174 Å². The summed E-state index contributed by atoms with van der Waals surface area (Å²) in [7, 11) is 1.73. The Hall–Kier alpha value is -4.27. The van der Waals surface area contributed by atoms with Gasteiger partial charge in [0.1, 0.15) is 28.2 Å². The summed E-state index contributed by atoms with van der Waals surface area (Å²) in [5.41, 5.74) is 1.06. The predicted octanol–water partition coefficient (Wildman–Crippen LogP) is 2.75. The molecule has 0 aliphatic carbocycles. The number of aromatic hydroxyl groups is 3. The summed E-state index contributed by atoms with van der Waals surface area (Å²) in [5, 5.41) is 34.0. The lowest BCUT2D eigenvalue weighted by molar-refractivity contribution is -0.135. The zero-order valence-electron chi connectivity index (χ0n) is 16.2. The fourth-order valence-electron chi connectivity index (χ4n) is 3.96. The minimum atomic E-state index is -0.515. The molecule has 0 spiro atoms. The van der Waals surface area contributed by atoms with Gasteiger partial charge in [-0.2, -0.15) is 5.10 Å². The Bertz CT molecular complexity index is 1430. The number of phenolic OH excluding ortho intramolecular Hbond substituents is 3. The van der Waals surface area contributed by atoms with E-state index in [1.54, 1.807) is 24.0 Å². The van der Waals surface area contributed by atoms with Crippen LogP contribution >= 0.6 is 0 Å². The van der Waals surface area contributed by atoms with Gasteiger partial charge in [0.05, 0.1) is 6.42 Å². The molecular weight excluding hydrogens is 404 g/mol. The predicted molar refractivity (Wildman–Crippen MR) is 108 cm³/mol. The highest BCUT2D eigenvalue weighted by atomic mass is 16.5. The average molecular weight is 420 g/mol. The third-order valence-corrected chi connectivity index (χ3v) is 5.40. The number of hydrogen-bond acceptors (Lipinski definition) is 8. The Morgan fingerprint density at radius 3 is 2.55 bits per heavy atom. The van der Waals surface area contributed by atoms with Gasteiger partial charge in [0.15, 0.2) is 16.9 Å². The zero-order valence-corrected chi connectivity index (χ0v) is 16.2. The highest BCUT2D eigenvalue weighted by Crippen LogP contribution is 2.46. The van der Waals surface area contributed by atoms with Crippen molar-refractivity contribution in [2.24, 2.45) is 7.05 Å². The molecule has 4 aromatic rings. The molecule has 1 aliphatic heterocycles. The second kappa shape index (κ2) is 6.63. The van der Waals surface area contributed by atoms with Crippen LogP contribution in [-0.4, -0.2) is 31.1 Å². The van der Waals surface area contributed by atoms with Crippen LogP contribution in [0.1, 0.15) is 23.6 Å². The molecule has 2 aromatic carbocycles. The van der Waals surface area contributed by atoms with Gasteiger partial charge in [-0.15, -0.1) is 0 Å². The fourth-order valence-corrected chi connectivity index (χ4v) is 3.96. The molecule has 3 heterocycles. The molecule has 156 valence electrons. The van der Waals surface area contributed by atoms with Crippen molar-refractivity contribution >= 4 is 16.9 Å². The van der Waals surface area contributed by atoms with E-state index in [0.717, 1.165) is 0 Å². The molecule has 0 saturated carbocycles. The van der Waals surface area contributed by atoms with Crippen LogP contribution in [0, 0.1) is 0 Å². The third-order valence-electron chi connectivity index (χ3n) is 5.40. The Balaban J connectivity index is 1.84. The number of aryl methyl sites for hydroxylation is 1. The maximum absolute atomic E-state index is 12.9. The number of fused-ring (bicyclic) bond motifs is 3. The molecule has 5 rings (SSSR count). The molecule has 0 amide bonds. The van der Waals surface area contributed by atoms with Crippen LogP contribution in [-0.2, 0) is 11.8 Å². The second-order valence-electron chi connectivity index (χ2n) is 7.30. The summed E-state index contributed by atoms with van der Waals surface area (Å²) in [6.07, 6.45) is 1.60. The minimum Gasteiger partial charge on any atom is -0.507 e. The lowest BCUT2D eigenvalue weighted by atomic mass is 9.88. The van der Waals surface area contributed by atoms with E-state index in [0.29, 0.717) is 16.8 Å². The van der Waals surface area contributed by atoms with Crippen molar-refractivity contribution in [3.63, 3.8) is 0 Å². The van der Waals surface area contributed by atoms with Crippen molar-refractivity contribution < 1.29 is 29.3 Å². The third kappa shape index (κ3) is 2.90. The first-order chi connectivity index (χ1) is 14.8. The first kappa shape index (κ1) is 18.7. The maximum Gasteiger partial charge on any atom is 0.312 e. The minimum absolute atomic E-state index is 0.000341. The van der Waals surface area contributed by atoms with Gasteiger partial charge >= 0.3 is 5.97 Å². The van der Waals surface area contributed by atoms with E-state index in [1.807, 2.05) is 0 Å². The van der Waals surface area contributed by atoms with Crippen LogP contribution in [0.4, 0.5) is 0 Å². The van der Waals surface area contributed by atoms with Crippen molar-refractivity contribution in [1.82, 2.24) is 9.78 Å². The highest BCUT2D eigenvalue weighted by Gasteiger charge is 2.35. The van der Waals surface area contributed by atoms with E-state index in [2.05, 4.69) is 5.10 Å². The number of rotatable bonds is 2. The number of nitrogens with zero attached hydrogens (tertiary/aromatic N) is 2.